The van der Waals surface area contributed by atoms with E-state index in [1.54, 1.807) is 18.5 Å². The topological polar surface area (TPSA) is 107 Å². The van der Waals surface area contributed by atoms with Crippen molar-refractivity contribution >= 4 is 33.9 Å². The summed E-state index contributed by atoms with van der Waals surface area (Å²) in [5.74, 6) is 1.79. The third kappa shape index (κ3) is 8.82. The first-order chi connectivity index (χ1) is 17.5. The number of rotatable bonds is 8. The Kier molecular flexibility index (Phi) is 11.0. The van der Waals surface area contributed by atoms with Crippen molar-refractivity contribution in [2.75, 3.05) is 12.8 Å². The number of fused-ring (bicyclic) bond motifs is 1. The van der Waals surface area contributed by atoms with Crippen molar-refractivity contribution in [3.05, 3.63) is 71.6 Å². The molecule has 8 heteroatoms. The Morgan fingerprint density at radius 2 is 1.86 bits per heavy atom. The van der Waals surface area contributed by atoms with E-state index < -0.39 is 10.8 Å². The van der Waals surface area contributed by atoms with Crippen LogP contribution in [0.4, 0.5) is 0 Å². The molecule has 1 heterocycles. The molecule has 1 atom stereocenters. The van der Waals surface area contributed by atoms with Gasteiger partial charge in [-0.25, -0.2) is 0 Å². The number of nitrogens with two attached hydrogens (primary N) is 1. The van der Waals surface area contributed by atoms with Gasteiger partial charge in [0.2, 0.25) is 6.41 Å². The number of aliphatic imine (C=N–C) groups is 1. The molecular formula is C29H38N4O3S. The molecule has 0 aliphatic rings. The summed E-state index contributed by atoms with van der Waals surface area (Å²) in [4.78, 5) is 18.7. The summed E-state index contributed by atoms with van der Waals surface area (Å²) >= 11 is 0. The highest BCUT2D eigenvalue weighted by Crippen LogP contribution is 2.32. The highest BCUT2D eigenvalue weighted by molar-refractivity contribution is 7.84. The summed E-state index contributed by atoms with van der Waals surface area (Å²) < 4.78 is 17.9. The second-order valence-electron chi connectivity index (χ2n) is 9.50. The van der Waals surface area contributed by atoms with Crippen molar-refractivity contribution in [2.24, 2.45) is 16.1 Å². The molecule has 0 saturated carbocycles. The van der Waals surface area contributed by atoms with Gasteiger partial charge in [0, 0.05) is 51.2 Å². The number of amides is 1. The molecule has 2 aromatic carbocycles. The van der Waals surface area contributed by atoms with Gasteiger partial charge in [0.15, 0.2) is 0 Å². The van der Waals surface area contributed by atoms with Crippen LogP contribution in [0.15, 0.2) is 70.3 Å². The van der Waals surface area contributed by atoms with Crippen LogP contribution in [0.1, 0.15) is 45.7 Å². The lowest BCUT2D eigenvalue weighted by atomic mass is 9.91. The fraction of sp³-hybridized carbons (Fsp3) is 0.345. The molecule has 0 spiro atoms. The first-order valence-electron chi connectivity index (χ1n) is 12.2. The zero-order valence-corrected chi connectivity index (χ0v) is 23.6. The van der Waals surface area contributed by atoms with Crippen LogP contribution in [0.3, 0.4) is 0 Å². The number of aromatic nitrogens is 1. The van der Waals surface area contributed by atoms with Crippen LogP contribution in [-0.4, -0.2) is 34.2 Å². The molecular weight excluding hydrogens is 484 g/mol. The average molecular weight is 523 g/mol. The number of hydrogen-bond donors (Lipinski definition) is 2. The summed E-state index contributed by atoms with van der Waals surface area (Å²) in [6.45, 7) is 13.2. The lowest BCUT2D eigenvalue weighted by Crippen LogP contribution is -2.26. The standard InChI is InChI=1S/C19H19NO2S.C10H19N3O/c1-4-14-5-8-18(13(2)11-14)22-19-9-10-20-17-7-6-15(23(3)21)12-16(17)19;1-5-12-8(10(2,3)4)6-9(11)13-7-14/h5-12H,4H2,1-3H3;6-7,12H,5H2,1-4H3,(H2,11,13,14)/b;8-6-. The average Bonchev–Trinajstić information content (AvgIpc) is 2.85. The van der Waals surface area contributed by atoms with Crippen LogP contribution >= 0.6 is 0 Å². The zero-order valence-electron chi connectivity index (χ0n) is 22.8. The molecule has 1 amide bonds. The van der Waals surface area contributed by atoms with Gasteiger partial charge in [-0.15, -0.1) is 0 Å². The predicted octanol–water partition coefficient (Wildman–Crippen LogP) is 5.67. The van der Waals surface area contributed by atoms with E-state index in [1.165, 1.54) is 5.56 Å². The van der Waals surface area contributed by atoms with Crippen LogP contribution in [0.2, 0.25) is 0 Å². The maximum atomic E-state index is 11.7. The summed E-state index contributed by atoms with van der Waals surface area (Å²) in [5.41, 5.74) is 9.69. The quantitative estimate of drug-likeness (QED) is 0.224. The van der Waals surface area contributed by atoms with E-state index in [-0.39, 0.29) is 11.3 Å². The van der Waals surface area contributed by atoms with E-state index in [0.29, 0.717) is 6.41 Å². The van der Waals surface area contributed by atoms with Gasteiger partial charge < -0.3 is 15.8 Å². The number of aryl methyl sites for hydroxylation is 2. The number of hydrogen-bond acceptors (Lipinski definition) is 5. The summed E-state index contributed by atoms with van der Waals surface area (Å²) in [7, 11) is -1.03. The molecule has 0 fully saturated rings. The van der Waals surface area contributed by atoms with Crippen molar-refractivity contribution in [1.82, 2.24) is 10.3 Å². The summed E-state index contributed by atoms with van der Waals surface area (Å²) in [6.07, 6.45) is 6.54. The monoisotopic (exact) mass is 522 g/mol. The molecule has 3 N–H and O–H groups in total. The van der Waals surface area contributed by atoms with E-state index in [1.807, 2.05) is 44.2 Å². The van der Waals surface area contributed by atoms with E-state index >= 15 is 0 Å². The van der Waals surface area contributed by atoms with Gasteiger partial charge in [0.25, 0.3) is 0 Å². The Labute approximate surface area is 222 Å². The van der Waals surface area contributed by atoms with Crippen LogP contribution in [0.25, 0.3) is 10.9 Å². The number of nitrogens with zero attached hydrogens (tertiary/aromatic N) is 2. The van der Waals surface area contributed by atoms with Crippen molar-refractivity contribution in [3.8, 4) is 11.5 Å². The summed E-state index contributed by atoms with van der Waals surface area (Å²) in [5, 5.41) is 4.07. The largest absolute Gasteiger partial charge is 0.456 e. The van der Waals surface area contributed by atoms with E-state index in [4.69, 9.17) is 10.5 Å². The minimum Gasteiger partial charge on any atom is -0.456 e. The number of carbonyl (C=O) groups is 1. The Balaban J connectivity index is 0.000000298. The Morgan fingerprint density at radius 1 is 1.14 bits per heavy atom. The Morgan fingerprint density at radius 3 is 2.43 bits per heavy atom. The van der Waals surface area contributed by atoms with Gasteiger partial charge >= 0.3 is 0 Å². The normalized spacial score (nSPS) is 12.9. The number of benzene rings is 2. The fourth-order valence-electron chi connectivity index (χ4n) is 3.50. The third-order valence-corrected chi connectivity index (χ3v) is 6.46. The van der Waals surface area contributed by atoms with Gasteiger partial charge in [-0.1, -0.05) is 39.8 Å². The van der Waals surface area contributed by atoms with Crippen molar-refractivity contribution in [1.29, 1.82) is 0 Å². The van der Waals surface area contributed by atoms with Crippen molar-refractivity contribution in [2.45, 2.75) is 52.9 Å². The van der Waals surface area contributed by atoms with Gasteiger partial charge in [0.1, 0.15) is 17.3 Å². The van der Waals surface area contributed by atoms with Crippen LogP contribution in [0, 0.1) is 12.3 Å². The second-order valence-corrected chi connectivity index (χ2v) is 10.9. The predicted molar refractivity (Wildman–Crippen MR) is 154 cm³/mol. The lowest BCUT2D eigenvalue weighted by Gasteiger charge is -2.23. The number of carbonyl (C=O) groups excluding carboxylic acids is 1. The van der Waals surface area contributed by atoms with Crippen LogP contribution in [-0.2, 0) is 22.0 Å². The molecule has 0 aliphatic heterocycles. The Bertz CT molecular complexity index is 1310. The second kappa shape index (κ2) is 13.7. The van der Waals surface area contributed by atoms with Gasteiger partial charge in [-0.3, -0.25) is 14.0 Å². The van der Waals surface area contributed by atoms with Crippen molar-refractivity contribution < 1.29 is 13.7 Å². The fourth-order valence-corrected chi connectivity index (χ4v) is 4.04. The molecule has 37 heavy (non-hydrogen) atoms. The first kappa shape index (κ1) is 29.7. The molecule has 0 radical (unpaired) electrons. The number of amidine groups is 1. The molecule has 0 bridgehead atoms. The summed E-state index contributed by atoms with van der Waals surface area (Å²) in [6, 6.07) is 13.7. The molecule has 3 rings (SSSR count). The van der Waals surface area contributed by atoms with E-state index in [9.17, 15) is 9.00 Å². The molecule has 1 unspecified atom stereocenters. The van der Waals surface area contributed by atoms with Crippen LogP contribution < -0.4 is 15.8 Å². The highest BCUT2D eigenvalue weighted by atomic mass is 32.2. The van der Waals surface area contributed by atoms with Crippen molar-refractivity contribution in [3.63, 3.8) is 0 Å². The molecule has 1 aromatic heterocycles. The Hall–Kier alpha value is -3.52. The molecule has 0 saturated heterocycles. The lowest BCUT2D eigenvalue weighted by molar-refractivity contribution is -0.106. The van der Waals surface area contributed by atoms with E-state index in [0.717, 1.165) is 51.5 Å². The smallest absolute Gasteiger partial charge is 0.234 e. The number of pyridine rings is 1. The number of ether oxygens (including phenoxy) is 1. The number of nitrogens with one attached hydrogen (secondary N) is 1. The third-order valence-electron chi connectivity index (χ3n) is 5.54. The van der Waals surface area contributed by atoms with E-state index in [2.05, 4.69) is 55.1 Å². The molecule has 7 nitrogen and oxygen atoms in total. The van der Waals surface area contributed by atoms with Gasteiger partial charge in [-0.2, -0.15) is 4.99 Å². The molecule has 0 aliphatic carbocycles. The first-order valence-corrected chi connectivity index (χ1v) is 13.8. The van der Waals surface area contributed by atoms with Crippen LogP contribution in [0.5, 0.6) is 11.5 Å². The number of allylic oxidation sites excluding steroid dienone is 1. The van der Waals surface area contributed by atoms with Gasteiger partial charge in [-0.05, 0) is 67.8 Å². The highest BCUT2D eigenvalue weighted by Gasteiger charge is 2.16. The minimum atomic E-state index is -1.03. The molecule has 198 valence electrons. The zero-order chi connectivity index (χ0) is 27.6. The maximum Gasteiger partial charge on any atom is 0.234 e. The SMILES string of the molecule is CCN/C(=C\C(N)=NC=O)C(C)(C)C.CCc1ccc(Oc2ccnc3ccc(S(C)=O)cc23)c(C)c1. The molecule has 3 aromatic rings. The minimum absolute atomic E-state index is 0.0287. The maximum absolute atomic E-state index is 11.7. The van der Waals surface area contributed by atoms with Gasteiger partial charge in [0.05, 0.1) is 5.52 Å².